The molecule has 2 N–H and O–H groups in total. The highest BCUT2D eigenvalue weighted by Crippen LogP contribution is 2.26. The molecule has 3 rings (SSSR count). The summed E-state index contributed by atoms with van der Waals surface area (Å²) < 4.78 is 5.25. The molecule has 0 saturated carbocycles. The molecule has 140 valence electrons. The van der Waals surface area contributed by atoms with E-state index in [9.17, 15) is 10.1 Å². The molecule has 2 aromatic carbocycles. The molecule has 0 bridgehead atoms. The normalized spacial score (nSPS) is 10.9. The van der Waals surface area contributed by atoms with Crippen LogP contribution in [0.25, 0.3) is 17.3 Å². The smallest absolute Gasteiger partial charge is 0.261 e. The standard InChI is InChI=1S/C22H20N4O2/c1-28-20-9-5-8-17(13-20)21-19(15-25-26-21)12-18(14-23)22(27)24-11-10-16-6-3-2-4-7-16/h2-9,12-13,15H,10-11H2,1H3,(H,24,27)(H,25,26)/b18-12+. The molecular weight excluding hydrogens is 352 g/mol. The first-order chi connectivity index (χ1) is 13.7. The van der Waals surface area contributed by atoms with Gasteiger partial charge in [0.05, 0.1) is 19.0 Å². The summed E-state index contributed by atoms with van der Waals surface area (Å²) in [5.74, 6) is 0.303. The Balaban J connectivity index is 1.73. The number of aromatic nitrogens is 2. The van der Waals surface area contributed by atoms with E-state index in [0.29, 0.717) is 30.0 Å². The molecule has 0 fully saturated rings. The number of methoxy groups -OCH3 is 1. The number of nitrogens with zero attached hydrogens (tertiary/aromatic N) is 2. The molecule has 0 aliphatic heterocycles. The Morgan fingerprint density at radius 1 is 1.25 bits per heavy atom. The van der Waals surface area contributed by atoms with Gasteiger partial charge in [0, 0.05) is 17.7 Å². The van der Waals surface area contributed by atoms with E-state index in [0.717, 1.165) is 11.1 Å². The third kappa shape index (κ3) is 4.65. The van der Waals surface area contributed by atoms with Crippen LogP contribution < -0.4 is 10.1 Å². The number of ether oxygens (including phenoxy) is 1. The van der Waals surface area contributed by atoms with Crippen molar-refractivity contribution >= 4 is 12.0 Å². The molecule has 0 atom stereocenters. The minimum absolute atomic E-state index is 0.0265. The van der Waals surface area contributed by atoms with E-state index in [1.807, 2.05) is 60.7 Å². The zero-order chi connectivity index (χ0) is 19.8. The lowest BCUT2D eigenvalue weighted by Crippen LogP contribution is -2.26. The predicted octanol–water partition coefficient (Wildman–Crippen LogP) is 3.35. The molecule has 0 aliphatic rings. The Labute approximate surface area is 163 Å². The molecular formula is C22H20N4O2. The molecule has 0 unspecified atom stereocenters. The summed E-state index contributed by atoms with van der Waals surface area (Å²) in [4.78, 5) is 12.4. The van der Waals surface area contributed by atoms with Crippen LogP contribution in [-0.4, -0.2) is 29.8 Å². The molecule has 0 saturated heterocycles. The lowest BCUT2D eigenvalue weighted by atomic mass is 10.1. The lowest BCUT2D eigenvalue weighted by Gasteiger charge is -2.06. The highest BCUT2D eigenvalue weighted by Gasteiger charge is 2.12. The summed E-state index contributed by atoms with van der Waals surface area (Å²) in [6.45, 7) is 0.454. The summed E-state index contributed by atoms with van der Waals surface area (Å²) >= 11 is 0. The number of rotatable bonds is 7. The number of amides is 1. The van der Waals surface area contributed by atoms with Crippen LogP contribution in [-0.2, 0) is 11.2 Å². The van der Waals surface area contributed by atoms with E-state index in [4.69, 9.17) is 4.74 Å². The van der Waals surface area contributed by atoms with E-state index >= 15 is 0 Å². The molecule has 0 spiro atoms. The summed E-state index contributed by atoms with van der Waals surface area (Å²) in [5.41, 5.74) is 3.37. The summed E-state index contributed by atoms with van der Waals surface area (Å²) in [5, 5.41) is 19.2. The topological polar surface area (TPSA) is 90.8 Å². The van der Waals surface area contributed by atoms with Gasteiger partial charge in [0.2, 0.25) is 0 Å². The number of hydrogen-bond acceptors (Lipinski definition) is 4. The molecule has 6 heteroatoms. The van der Waals surface area contributed by atoms with Crippen molar-refractivity contribution in [2.75, 3.05) is 13.7 Å². The fourth-order valence-electron chi connectivity index (χ4n) is 2.78. The van der Waals surface area contributed by atoms with Gasteiger partial charge >= 0.3 is 0 Å². The first kappa shape index (κ1) is 18.9. The van der Waals surface area contributed by atoms with Crippen molar-refractivity contribution in [2.45, 2.75) is 6.42 Å². The third-order valence-corrected chi connectivity index (χ3v) is 4.23. The minimum Gasteiger partial charge on any atom is -0.497 e. The number of hydrogen-bond donors (Lipinski definition) is 2. The molecule has 28 heavy (non-hydrogen) atoms. The number of H-pyrrole nitrogens is 1. The number of carbonyl (C=O) groups excluding carboxylic acids is 1. The van der Waals surface area contributed by atoms with Crippen LogP contribution in [0.5, 0.6) is 5.75 Å². The van der Waals surface area contributed by atoms with Gasteiger partial charge in [-0.3, -0.25) is 9.89 Å². The summed E-state index contributed by atoms with van der Waals surface area (Å²) in [6.07, 6.45) is 3.83. The Bertz CT molecular complexity index is 1020. The van der Waals surface area contributed by atoms with Gasteiger partial charge in [0.15, 0.2) is 0 Å². The summed E-state index contributed by atoms with van der Waals surface area (Å²) in [6, 6.07) is 19.3. The van der Waals surface area contributed by atoms with Gasteiger partial charge in [-0.25, -0.2) is 0 Å². The van der Waals surface area contributed by atoms with Gasteiger partial charge in [-0.2, -0.15) is 10.4 Å². The van der Waals surface area contributed by atoms with E-state index < -0.39 is 5.91 Å². The van der Waals surface area contributed by atoms with Crippen molar-refractivity contribution in [2.24, 2.45) is 0 Å². The Kier molecular flexibility index (Phi) is 6.21. The molecule has 1 amide bonds. The zero-order valence-corrected chi connectivity index (χ0v) is 15.5. The zero-order valence-electron chi connectivity index (χ0n) is 15.5. The first-order valence-corrected chi connectivity index (χ1v) is 8.83. The second-order valence-corrected chi connectivity index (χ2v) is 6.09. The number of nitriles is 1. The monoisotopic (exact) mass is 372 g/mol. The highest BCUT2D eigenvalue weighted by atomic mass is 16.5. The van der Waals surface area contributed by atoms with Crippen LogP contribution in [0.1, 0.15) is 11.1 Å². The average molecular weight is 372 g/mol. The van der Waals surface area contributed by atoms with Crippen molar-refractivity contribution in [3.05, 3.63) is 77.5 Å². The van der Waals surface area contributed by atoms with Gasteiger partial charge in [0.25, 0.3) is 5.91 Å². The molecule has 3 aromatic rings. The number of benzene rings is 2. The van der Waals surface area contributed by atoms with Crippen LogP contribution in [0.4, 0.5) is 0 Å². The molecule has 6 nitrogen and oxygen atoms in total. The molecule has 1 aromatic heterocycles. The van der Waals surface area contributed by atoms with Crippen molar-refractivity contribution in [1.29, 1.82) is 5.26 Å². The van der Waals surface area contributed by atoms with Crippen molar-refractivity contribution in [3.63, 3.8) is 0 Å². The largest absolute Gasteiger partial charge is 0.497 e. The Hall–Kier alpha value is -3.85. The first-order valence-electron chi connectivity index (χ1n) is 8.83. The van der Waals surface area contributed by atoms with Crippen LogP contribution in [0, 0.1) is 11.3 Å². The quantitative estimate of drug-likeness (QED) is 0.491. The fraction of sp³-hybridized carbons (Fsp3) is 0.136. The average Bonchev–Trinajstić information content (AvgIpc) is 3.21. The highest BCUT2D eigenvalue weighted by molar-refractivity contribution is 6.02. The number of aromatic amines is 1. The predicted molar refractivity (Wildman–Crippen MR) is 107 cm³/mol. The summed E-state index contributed by atoms with van der Waals surface area (Å²) in [7, 11) is 1.60. The minimum atomic E-state index is -0.406. The van der Waals surface area contributed by atoms with E-state index in [-0.39, 0.29) is 5.57 Å². The van der Waals surface area contributed by atoms with Gasteiger partial charge in [0.1, 0.15) is 17.4 Å². The second kappa shape index (κ2) is 9.19. The fourth-order valence-corrected chi connectivity index (χ4v) is 2.78. The maximum absolute atomic E-state index is 12.4. The SMILES string of the molecule is COc1cccc(-c2[nH]ncc2/C=C(\C#N)C(=O)NCCc2ccccc2)c1. The van der Waals surface area contributed by atoms with Crippen molar-refractivity contribution < 1.29 is 9.53 Å². The van der Waals surface area contributed by atoms with Crippen LogP contribution in [0.3, 0.4) is 0 Å². The molecule has 1 heterocycles. The Morgan fingerprint density at radius 3 is 2.82 bits per heavy atom. The third-order valence-electron chi connectivity index (χ3n) is 4.23. The second-order valence-electron chi connectivity index (χ2n) is 6.09. The van der Waals surface area contributed by atoms with Gasteiger partial charge < -0.3 is 10.1 Å². The number of nitrogens with one attached hydrogen (secondary N) is 2. The van der Waals surface area contributed by atoms with E-state index in [1.54, 1.807) is 13.3 Å². The Morgan fingerprint density at radius 2 is 2.07 bits per heavy atom. The van der Waals surface area contributed by atoms with Crippen molar-refractivity contribution in [3.8, 4) is 23.1 Å². The van der Waals surface area contributed by atoms with Gasteiger partial charge in [-0.15, -0.1) is 0 Å². The molecule has 0 aliphatic carbocycles. The van der Waals surface area contributed by atoms with Gasteiger partial charge in [-0.1, -0.05) is 42.5 Å². The van der Waals surface area contributed by atoms with E-state index in [2.05, 4.69) is 15.5 Å². The van der Waals surface area contributed by atoms with E-state index in [1.165, 1.54) is 6.08 Å². The molecule has 0 radical (unpaired) electrons. The van der Waals surface area contributed by atoms with Gasteiger partial charge in [-0.05, 0) is 30.2 Å². The lowest BCUT2D eigenvalue weighted by molar-refractivity contribution is -0.117. The number of carbonyl (C=O) groups is 1. The maximum atomic E-state index is 12.4. The van der Waals surface area contributed by atoms with Crippen molar-refractivity contribution in [1.82, 2.24) is 15.5 Å². The van der Waals surface area contributed by atoms with Crippen LogP contribution >= 0.6 is 0 Å². The van der Waals surface area contributed by atoms with Crippen LogP contribution in [0.15, 0.2) is 66.4 Å². The van der Waals surface area contributed by atoms with Crippen LogP contribution in [0.2, 0.25) is 0 Å². The maximum Gasteiger partial charge on any atom is 0.261 e.